The van der Waals surface area contributed by atoms with Crippen molar-refractivity contribution in [2.45, 2.75) is 37.6 Å². The maximum absolute atomic E-state index is 13.1. The standard InChI is InChI=1S/C18H23N5O6S/c1-2-29-15-7-6-14(10-16(15)30(27,28)22-8-4-3-5-9-22)20-18(24)12-21-11-17(19-13-21)23(25)26/h6-7,10-11,13H,2-5,8-9,12H2,1H3,(H,20,24). The quantitative estimate of drug-likeness (QED) is 0.492. The van der Waals surface area contributed by atoms with Crippen LogP contribution < -0.4 is 10.1 Å². The number of nitrogens with one attached hydrogen (secondary N) is 1. The van der Waals surface area contributed by atoms with Crippen molar-refractivity contribution in [3.8, 4) is 5.75 Å². The van der Waals surface area contributed by atoms with Crippen LogP contribution in [0.5, 0.6) is 5.75 Å². The summed E-state index contributed by atoms with van der Waals surface area (Å²) in [6.45, 7) is 2.75. The Morgan fingerprint density at radius 3 is 2.67 bits per heavy atom. The van der Waals surface area contributed by atoms with E-state index in [4.69, 9.17) is 4.74 Å². The summed E-state index contributed by atoms with van der Waals surface area (Å²) in [6.07, 6.45) is 4.92. The van der Waals surface area contributed by atoms with Crippen molar-refractivity contribution in [2.24, 2.45) is 0 Å². The molecule has 1 aromatic heterocycles. The summed E-state index contributed by atoms with van der Waals surface area (Å²) in [4.78, 5) is 25.9. The van der Waals surface area contributed by atoms with Gasteiger partial charge in [0.1, 0.15) is 23.4 Å². The second-order valence-electron chi connectivity index (χ2n) is 6.77. The molecule has 1 aromatic carbocycles. The van der Waals surface area contributed by atoms with Gasteiger partial charge in [-0.3, -0.25) is 4.79 Å². The normalized spacial score (nSPS) is 15.0. The zero-order valence-corrected chi connectivity index (χ0v) is 17.3. The first kappa shape index (κ1) is 21.7. The number of carbonyl (C=O) groups excluding carboxylic acids is 1. The Hall–Kier alpha value is -2.99. The van der Waals surface area contributed by atoms with Gasteiger partial charge in [-0.2, -0.15) is 4.31 Å². The van der Waals surface area contributed by atoms with Crippen LogP contribution >= 0.6 is 0 Å². The summed E-state index contributed by atoms with van der Waals surface area (Å²) in [5.74, 6) is -0.613. The third-order valence-electron chi connectivity index (χ3n) is 4.59. The zero-order chi connectivity index (χ0) is 21.7. The number of benzene rings is 1. The highest BCUT2D eigenvalue weighted by Crippen LogP contribution is 2.31. The molecule has 1 saturated heterocycles. The van der Waals surface area contributed by atoms with E-state index in [9.17, 15) is 23.3 Å². The molecule has 2 heterocycles. The Labute approximate surface area is 173 Å². The predicted molar refractivity (Wildman–Crippen MR) is 108 cm³/mol. The Morgan fingerprint density at radius 1 is 1.30 bits per heavy atom. The molecule has 2 aromatic rings. The van der Waals surface area contributed by atoms with E-state index in [0.717, 1.165) is 25.5 Å². The lowest BCUT2D eigenvalue weighted by Crippen LogP contribution is -2.35. The molecule has 162 valence electrons. The molecule has 0 atom stereocenters. The number of imidazole rings is 1. The van der Waals surface area contributed by atoms with Crippen molar-refractivity contribution in [2.75, 3.05) is 25.0 Å². The molecule has 0 spiro atoms. The van der Waals surface area contributed by atoms with Crippen molar-refractivity contribution in [1.29, 1.82) is 0 Å². The number of nitrogens with zero attached hydrogens (tertiary/aromatic N) is 4. The highest BCUT2D eigenvalue weighted by molar-refractivity contribution is 7.89. The number of anilines is 1. The van der Waals surface area contributed by atoms with Crippen molar-refractivity contribution >= 4 is 27.4 Å². The van der Waals surface area contributed by atoms with Crippen LogP contribution in [-0.2, 0) is 21.4 Å². The number of nitro groups is 1. The highest BCUT2D eigenvalue weighted by Gasteiger charge is 2.29. The van der Waals surface area contributed by atoms with Crippen LogP contribution in [0.25, 0.3) is 0 Å². The predicted octanol–water partition coefficient (Wildman–Crippen LogP) is 2.00. The molecule has 0 aliphatic carbocycles. The van der Waals surface area contributed by atoms with E-state index in [0.29, 0.717) is 19.7 Å². The molecule has 0 radical (unpaired) electrons. The van der Waals surface area contributed by atoms with Gasteiger partial charge in [-0.25, -0.2) is 8.42 Å². The smallest absolute Gasteiger partial charge is 0.381 e. The van der Waals surface area contributed by atoms with E-state index in [1.165, 1.54) is 27.3 Å². The summed E-state index contributed by atoms with van der Waals surface area (Å²) < 4.78 is 34.5. The van der Waals surface area contributed by atoms with E-state index in [2.05, 4.69) is 10.3 Å². The maximum Gasteiger partial charge on any atom is 0.381 e. The van der Waals surface area contributed by atoms with Gasteiger partial charge in [-0.15, -0.1) is 0 Å². The molecule has 12 heteroatoms. The molecular formula is C18H23N5O6S. The lowest BCUT2D eigenvalue weighted by atomic mass is 10.2. The fraction of sp³-hybridized carbons (Fsp3) is 0.444. The Kier molecular flexibility index (Phi) is 6.67. The van der Waals surface area contributed by atoms with E-state index >= 15 is 0 Å². The first-order valence-electron chi connectivity index (χ1n) is 9.54. The molecule has 1 aliphatic rings. The molecule has 1 fully saturated rings. The van der Waals surface area contributed by atoms with Crippen molar-refractivity contribution in [1.82, 2.24) is 13.9 Å². The summed E-state index contributed by atoms with van der Waals surface area (Å²) >= 11 is 0. The van der Waals surface area contributed by atoms with Gasteiger partial charge in [0.15, 0.2) is 0 Å². The Morgan fingerprint density at radius 2 is 2.03 bits per heavy atom. The van der Waals surface area contributed by atoms with Crippen molar-refractivity contribution < 1.29 is 22.9 Å². The van der Waals surface area contributed by atoms with Crippen LogP contribution in [0, 0.1) is 10.1 Å². The number of sulfonamides is 1. The highest BCUT2D eigenvalue weighted by atomic mass is 32.2. The topological polar surface area (TPSA) is 137 Å². The SMILES string of the molecule is CCOc1ccc(NC(=O)Cn2cnc([N+](=O)[O-])c2)cc1S(=O)(=O)N1CCCCC1. The summed E-state index contributed by atoms with van der Waals surface area (Å²) in [5.41, 5.74) is 0.286. The third kappa shape index (κ3) is 4.94. The van der Waals surface area contributed by atoms with Crippen molar-refractivity contribution in [3.63, 3.8) is 0 Å². The second-order valence-corrected chi connectivity index (χ2v) is 8.68. The number of piperidine rings is 1. The van der Waals surface area contributed by atoms with E-state index in [1.54, 1.807) is 13.0 Å². The van der Waals surface area contributed by atoms with E-state index < -0.39 is 20.9 Å². The van der Waals surface area contributed by atoms with Gasteiger partial charge in [0.05, 0.1) is 6.61 Å². The number of rotatable bonds is 8. The molecule has 0 saturated carbocycles. The van der Waals surface area contributed by atoms with Gasteiger partial charge < -0.3 is 24.7 Å². The first-order chi connectivity index (χ1) is 14.3. The number of ether oxygens (including phenoxy) is 1. The van der Waals surface area contributed by atoms with Crippen LogP contribution in [0.1, 0.15) is 26.2 Å². The summed E-state index contributed by atoms with van der Waals surface area (Å²) in [6, 6.07) is 4.44. The van der Waals surface area contributed by atoms with Crippen LogP contribution in [0.3, 0.4) is 0 Å². The van der Waals surface area contributed by atoms with E-state index in [1.807, 2.05) is 0 Å². The van der Waals surface area contributed by atoms with Crippen LogP contribution in [-0.4, -0.2) is 52.8 Å². The van der Waals surface area contributed by atoms with Gasteiger partial charge in [-0.05, 0) is 47.9 Å². The maximum atomic E-state index is 13.1. The molecular weight excluding hydrogens is 414 g/mol. The van der Waals surface area contributed by atoms with Crippen molar-refractivity contribution in [3.05, 3.63) is 40.8 Å². The lowest BCUT2D eigenvalue weighted by molar-refractivity contribution is -0.389. The fourth-order valence-corrected chi connectivity index (χ4v) is 4.88. The Balaban J connectivity index is 1.80. The number of carbonyl (C=O) groups is 1. The number of hydrogen-bond acceptors (Lipinski definition) is 7. The fourth-order valence-electron chi connectivity index (χ4n) is 3.20. The molecule has 1 amide bonds. The summed E-state index contributed by atoms with van der Waals surface area (Å²) in [7, 11) is -3.77. The lowest BCUT2D eigenvalue weighted by Gasteiger charge is -2.27. The number of hydrogen-bond donors (Lipinski definition) is 1. The first-order valence-corrected chi connectivity index (χ1v) is 11.0. The second kappa shape index (κ2) is 9.22. The van der Waals surface area contributed by atoms with Crippen LogP contribution in [0.4, 0.5) is 11.5 Å². The minimum Gasteiger partial charge on any atom is -0.492 e. The van der Waals surface area contributed by atoms with Gasteiger partial charge in [0.25, 0.3) is 0 Å². The average Bonchev–Trinajstić information content (AvgIpc) is 3.18. The van der Waals surface area contributed by atoms with Gasteiger partial charge in [0.2, 0.25) is 22.3 Å². The number of aromatic nitrogens is 2. The average molecular weight is 437 g/mol. The number of amides is 1. The monoisotopic (exact) mass is 437 g/mol. The molecule has 0 bridgehead atoms. The van der Waals surface area contributed by atoms with Gasteiger partial charge in [-0.1, -0.05) is 6.42 Å². The summed E-state index contributed by atoms with van der Waals surface area (Å²) in [5, 5.41) is 13.3. The van der Waals surface area contributed by atoms with Crippen LogP contribution in [0.2, 0.25) is 0 Å². The largest absolute Gasteiger partial charge is 0.492 e. The third-order valence-corrected chi connectivity index (χ3v) is 6.51. The molecule has 1 N–H and O–H groups in total. The van der Waals surface area contributed by atoms with Gasteiger partial charge in [0, 0.05) is 18.8 Å². The molecule has 3 rings (SSSR count). The Bertz CT molecular complexity index is 1030. The molecule has 0 unspecified atom stereocenters. The minimum absolute atomic E-state index is 0.00215. The zero-order valence-electron chi connectivity index (χ0n) is 16.5. The van der Waals surface area contributed by atoms with Crippen LogP contribution in [0.15, 0.2) is 35.6 Å². The molecule has 1 aliphatic heterocycles. The minimum atomic E-state index is -3.77. The van der Waals surface area contributed by atoms with E-state index in [-0.39, 0.29) is 28.7 Å². The molecule has 30 heavy (non-hydrogen) atoms. The molecule has 11 nitrogen and oxygen atoms in total. The van der Waals surface area contributed by atoms with Gasteiger partial charge >= 0.3 is 5.82 Å².